The van der Waals surface area contributed by atoms with Crippen LogP contribution in [0.5, 0.6) is 0 Å². The van der Waals surface area contributed by atoms with Crippen molar-refractivity contribution in [2.75, 3.05) is 11.5 Å². The molecule has 1 aromatic rings. The quantitative estimate of drug-likeness (QED) is 0.831. The second-order valence-electron chi connectivity index (χ2n) is 3.40. The molecule has 1 N–H and O–H groups in total. The topological polar surface area (TPSA) is 29.1 Å². The highest BCUT2D eigenvalue weighted by atomic mass is 32.2. The predicted octanol–water partition coefficient (Wildman–Crippen LogP) is 2.56. The van der Waals surface area contributed by atoms with E-state index in [-0.39, 0.29) is 11.9 Å². The minimum absolute atomic E-state index is 0.0137. The van der Waals surface area contributed by atoms with Crippen molar-refractivity contribution >= 4 is 17.7 Å². The number of benzene rings is 1. The van der Waals surface area contributed by atoms with Crippen molar-refractivity contribution in [3.8, 4) is 0 Å². The average molecular weight is 223 g/mol. The number of thioether (sulfide) groups is 1. The standard InChI is InChI=1S/C12H17NOS/c1-3-15-9-10(2)13-12(14)11-7-5-4-6-8-11/h4-8,10H,3,9H2,1-2H3,(H,13,14). The van der Waals surface area contributed by atoms with E-state index in [0.29, 0.717) is 0 Å². The maximum absolute atomic E-state index is 11.7. The van der Waals surface area contributed by atoms with E-state index in [2.05, 4.69) is 12.2 Å². The minimum Gasteiger partial charge on any atom is -0.349 e. The smallest absolute Gasteiger partial charge is 0.251 e. The molecular weight excluding hydrogens is 206 g/mol. The van der Waals surface area contributed by atoms with E-state index in [4.69, 9.17) is 0 Å². The SMILES string of the molecule is CCSCC(C)NC(=O)c1ccccc1. The van der Waals surface area contributed by atoms with Crippen LogP contribution in [-0.4, -0.2) is 23.5 Å². The molecule has 1 amide bonds. The molecule has 0 spiro atoms. The van der Waals surface area contributed by atoms with Crippen LogP contribution in [0.3, 0.4) is 0 Å². The molecule has 0 saturated heterocycles. The molecule has 0 aliphatic heterocycles. The summed E-state index contributed by atoms with van der Waals surface area (Å²) in [5.41, 5.74) is 0.728. The highest BCUT2D eigenvalue weighted by Gasteiger charge is 2.08. The minimum atomic E-state index is 0.0137. The number of amides is 1. The van der Waals surface area contributed by atoms with Crippen LogP contribution < -0.4 is 5.32 Å². The summed E-state index contributed by atoms with van der Waals surface area (Å²) < 4.78 is 0. The Kier molecular flexibility index (Phi) is 5.26. The number of carbonyl (C=O) groups excluding carboxylic acids is 1. The van der Waals surface area contributed by atoms with Gasteiger partial charge in [-0.15, -0.1) is 0 Å². The van der Waals surface area contributed by atoms with Crippen LogP contribution in [0.25, 0.3) is 0 Å². The highest BCUT2D eigenvalue weighted by molar-refractivity contribution is 7.99. The van der Waals surface area contributed by atoms with Crippen LogP contribution in [0.1, 0.15) is 24.2 Å². The zero-order valence-electron chi connectivity index (χ0n) is 9.19. The first-order valence-corrected chi connectivity index (χ1v) is 6.33. The summed E-state index contributed by atoms with van der Waals surface area (Å²) in [6.07, 6.45) is 0. The van der Waals surface area contributed by atoms with Gasteiger partial charge in [-0.2, -0.15) is 11.8 Å². The van der Waals surface area contributed by atoms with E-state index >= 15 is 0 Å². The molecule has 1 aromatic carbocycles. The average Bonchev–Trinajstić information content (AvgIpc) is 2.27. The van der Waals surface area contributed by atoms with Gasteiger partial charge in [-0.3, -0.25) is 4.79 Å². The van der Waals surface area contributed by atoms with E-state index in [0.717, 1.165) is 17.1 Å². The fourth-order valence-electron chi connectivity index (χ4n) is 1.23. The van der Waals surface area contributed by atoms with E-state index < -0.39 is 0 Å². The first-order chi connectivity index (χ1) is 7.24. The van der Waals surface area contributed by atoms with Crippen molar-refractivity contribution < 1.29 is 4.79 Å². The van der Waals surface area contributed by atoms with Crippen LogP contribution in [0.2, 0.25) is 0 Å². The largest absolute Gasteiger partial charge is 0.349 e. The Bertz CT molecular complexity index is 300. The summed E-state index contributed by atoms with van der Waals surface area (Å²) in [6, 6.07) is 9.54. The fourth-order valence-corrected chi connectivity index (χ4v) is 1.91. The summed E-state index contributed by atoms with van der Waals surface area (Å²) in [5, 5.41) is 2.97. The van der Waals surface area contributed by atoms with Gasteiger partial charge in [0.1, 0.15) is 0 Å². The molecule has 0 aromatic heterocycles. The molecule has 3 heteroatoms. The summed E-state index contributed by atoms with van der Waals surface area (Å²) in [4.78, 5) is 11.7. The summed E-state index contributed by atoms with van der Waals surface area (Å²) in [7, 11) is 0. The molecule has 0 bridgehead atoms. The van der Waals surface area contributed by atoms with Gasteiger partial charge < -0.3 is 5.32 Å². The Hall–Kier alpha value is -0.960. The Labute approximate surface area is 95.5 Å². The molecule has 2 nitrogen and oxygen atoms in total. The van der Waals surface area contributed by atoms with Gasteiger partial charge in [0.25, 0.3) is 5.91 Å². The first kappa shape index (κ1) is 12.1. The van der Waals surface area contributed by atoms with Crippen LogP contribution in [0, 0.1) is 0 Å². The van der Waals surface area contributed by atoms with Crippen LogP contribution >= 0.6 is 11.8 Å². The number of hydrogen-bond acceptors (Lipinski definition) is 2. The molecule has 0 heterocycles. The van der Waals surface area contributed by atoms with Crippen LogP contribution in [-0.2, 0) is 0 Å². The molecule has 82 valence electrons. The predicted molar refractivity (Wildman–Crippen MR) is 66.4 cm³/mol. The fraction of sp³-hybridized carbons (Fsp3) is 0.417. The van der Waals surface area contributed by atoms with Crippen molar-refractivity contribution in [2.45, 2.75) is 19.9 Å². The molecule has 0 aliphatic rings. The second-order valence-corrected chi connectivity index (χ2v) is 4.72. The van der Waals surface area contributed by atoms with E-state index in [1.807, 2.05) is 49.0 Å². The molecule has 0 aliphatic carbocycles. The van der Waals surface area contributed by atoms with Gasteiger partial charge in [0.05, 0.1) is 0 Å². The molecule has 1 unspecified atom stereocenters. The highest BCUT2D eigenvalue weighted by Crippen LogP contribution is 2.03. The third-order valence-electron chi connectivity index (χ3n) is 1.99. The third kappa shape index (κ3) is 4.38. The molecule has 0 saturated carbocycles. The van der Waals surface area contributed by atoms with Crippen molar-refractivity contribution in [3.05, 3.63) is 35.9 Å². The Morgan fingerprint density at radius 3 is 2.67 bits per heavy atom. The number of nitrogens with one attached hydrogen (secondary N) is 1. The van der Waals surface area contributed by atoms with Crippen LogP contribution in [0.15, 0.2) is 30.3 Å². The molecule has 0 fully saturated rings. The first-order valence-electron chi connectivity index (χ1n) is 5.17. The van der Waals surface area contributed by atoms with Crippen molar-refractivity contribution in [1.82, 2.24) is 5.32 Å². The summed E-state index contributed by atoms with van der Waals surface area (Å²) >= 11 is 1.84. The maximum atomic E-state index is 11.7. The van der Waals surface area contributed by atoms with E-state index in [9.17, 15) is 4.79 Å². The monoisotopic (exact) mass is 223 g/mol. The Balaban J connectivity index is 2.42. The molecule has 1 atom stereocenters. The molecule has 1 rings (SSSR count). The second kappa shape index (κ2) is 6.51. The number of rotatable bonds is 5. The maximum Gasteiger partial charge on any atom is 0.251 e. The molecular formula is C12H17NOS. The van der Waals surface area contributed by atoms with Gasteiger partial charge in [0, 0.05) is 17.4 Å². The van der Waals surface area contributed by atoms with Gasteiger partial charge >= 0.3 is 0 Å². The van der Waals surface area contributed by atoms with Gasteiger partial charge in [-0.1, -0.05) is 25.1 Å². The zero-order valence-corrected chi connectivity index (χ0v) is 10.0. The lowest BCUT2D eigenvalue weighted by Gasteiger charge is -2.12. The van der Waals surface area contributed by atoms with Gasteiger partial charge in [0.15, 0.2) is 0 Å². The Morgan fingerprint density at radius 2 is 2.07 bits per heavy atom. The van der Waals surface area contributed by atoms with Crippen molar-refractivity contribution in [3.63, 3.8) is 0 Å². The van der Waals surface area contributed by atoms with Crippen molar-refractivity contribution in [1.29, 1.82) is 0 Å². The summed E-state index contributed by atoms with van der Waals surface area (Å²) in [5.74, 6) is 2.07. The third-order valence-corrected chi connectivity index (χ3v) is 3.13. The normalized spacial score (nSPS) is 12.1. The van der Waals surface area contributed by atoms with Gasteiger partial charge in [-0.05, 0) is 24.8 Å². The summed E-state index contributed by atoms with van der Waals surface area (Å²) in [6.45, 7) is 4.15. The lowest BCUT2D eigenvalue weighted by molar-refractivity contribution is 0.0944. The molecule has 15 heavy (non-hydrogen) atoms. The number of carbonyl (C=O) groups is 1. The van der Waals surface area contributed by atoms with Gasteiger partial charge in [0.2, 0.25) is 0 Å². The van der Waals surface area contributed by atoms with Gasteiger partial charge in [-0.25, -0.2) is 0 Å². The Morgan fingerprint density at radius 1 is 1.40 bits per heavy atom. The molecule has 0 radical (unpaired) electrons. The lowest BCUT2D eigenvalue weighted by atomic mass is 10.2. The zero-order chi connectivity index (χ0) is 11.1. The number of hydrogen-bond donors (Lipinski definition) is 1. The van der Waals surface area contributed by atoms with E-state index in [1.165, 1.54) is 0 Å². The van der Waals surface area contributed by atoms with Crippen molar-refractivity contribution in [2.24, 2.45) is 0 Å². The lowest BCUT2D eigenvalue weighted by Crippen LogP contribution is -2.34. The van der Waals surface area contributed by atoms with Crippen LogP contribution in [0.4, 0.5) is 0 Å². The van der Waals surface area contributed by atoms with E-state index in [1.54, 1.807) is 0 Å².